The number of nitrogen functional groups attached to an aromatic ring is 1. The minimum atomic E-state index is -2.71. The molecule has 8 nitrogen and oxygen atoms in total. The summed E-state index contributed by atoms with van der Waals surface area (Å²) in [6.07, 6.45) is 0. The van der Waals surface area contributed by atoms with Crippen LogP contribution in [0, 0.1) is 0 Å². The number of nitrogens with zero attached hydrogens (tertiary/aromatic N) is 3. The highest BCUT2D eigenvalue weighted by Crippen LogP contribution is 2.07. The monoisotopic (exact) mass is 236 g/mol. The average molecular weight is 236 g/mol. The Bertz CT molecular complexity index is 392. The standard InChI is InChI=1S/C5H5FN4O4S/c6-4(13)14-9-1(3(11)12)2-8-5(7)15-10-2/h4,13H,(H,11,12)(H2,7,8,10). The van der Waals surface area contributed by atoms with Crippen molar-refractivity contribution in [2.45, 2.75) is 6.54 Å². The summed E-state index contributed by atoms with van der Waals surface area (Å²) in [5.41, 5.74) is 4.45. The zero-order valence-corrected chi connectivity index (χ0v) is 7.81. The Morgan fingerprint density at radius 3 is 2.80 bits per heavy atom. The predicted octanol–water partition coefficient (Wildman–Crippen LogP) is -0.829. The number of hydrogen-bond donors (Lipinski definition) is 3. The van der Waals surface area contributed by atoms with E-state index < -0.39 is 18.2 Å². The van der Waals surface area contributed by atoms with Crippen LogP contribution in [0.5, 0.6) is 0 Å². The minimum absolute atomic E-state index is 0.0275. The Balaban J connectivity index is 2.93. The molecule has 0 bridgehead atoms. The molecule has 1 aromatic rings. The first-order valence-corrected chi connectivity index (χ1v) is 4.17. The average Bonchev–Trinajstić information content (AvgIpc) is 2.51. The minimum Gasteiger partial charge on any atom is -0.476 e. The molecule has 0 spiro atoms. The third kappa shape index (κ3) is 3.11. The van der Waals surface area contributed by atoms with E-state index in [1.165, 1.54) is 0 Å². The summed E-state index contributed by atoms with van der Waals surface area (Å²) in [6, 6.07) is 0. The van der Waals surface area contributed by atoms with Gasteiger partial charge in [0.05, 0.1) is 0 Å². The van der Waals surface area contributed by atoms with Crippen molar-refractivity contribution < 1.29 is 24.2 Å². The molecule has 0 amide bonds. The van der Waals surface area contributed by atoms with Crippen LogP contribution in [0.3, 0.4) is 0 Å². The van der Waals surface area contributed by atoms with Gasteiger partial charge in [0.15, 0.2) is 5.13 Å². The third-order valence-electron chi connectivity index (χ3n) is 1.09. The normalized spacial score (nSPS) is 13.6. The lowest BCUT2D eigenvalue weighted by Crippen LogP contribution is -2.17. The van der Waals surface area contributed by atoms with Crippen molar-refractivity contribution in [3.05, 3.63) is 5.82 Å². The van der Waals surface area contributed by atoms with Gasteiger partial charge >= 0.3 is 12.5 Å². The molecule has 1 unspecified atom stereocenters. The third-order valence-corrected chi connectivity index (χ3v) is 1.63. The van der Waals surface area contributed by atoms with E-state index in [9.17, 15) is 9.18 Å². The molecule has 0 saturated carbocycles. The van der Waals surface area contributed by atoms with Gasteiger partial charge in [0.2, 0.25) is 11.5 Å². The first-order valence-electron chi connectivity index (χ1n) is 3.39. The maximum Gasteiger partial charge on any atom is 0.372 e. The highest BCUT2D eigenvalue weighted by atomic mass is 32.1. The van der Waals surface area contributed by atoms with Crippen molar-refractivity contribution in [2.24, 2.45) is 5.16 Å². The Kier molecular flexibility index (Phi) is 3.46. The van der Waals surface area contributed by atoms with Gasteiger partial charge in [-0.2, -0.15) is 13.7 Å². The molecule has 0 aliphatic rings. The Morgan fingerprint density at radius 1 is 1.73 bits per heavy atom. The molecular weight excluding hydrogens is 231 g/mol. The number of aromatic nitrogens is 2. The number of carboxylic acid groups (broad SMARTS) is 1. The molecule has 4 N–H and O–H groups in total. The van der Waals surface area contributed by atoms with Crippen LogP contribution < -0.4 is 5.73 Å². The SMILES string of the molecule is Nc1nc(C(=NOC(O)F)C(=O)O)ns1. The predicted molar refractivity (Wildman–Crippen MR) is 46.7 cm³/mol. The molecule has 1 heterocycles. The van der Waals surface area contributed by atoms with Gasteiger partial charge in [0.1, 0.15) is 0 Å². The molecular formula is C5H5FN4O4S. The fourth-order valence-corrected chi connectivity index (χ4v) is 1.04. The number of aliphatic carboxylic acids is 1. The second-order valence-electron chi connectivity index (χ2n) is 2.10. The van der Waals surface area contributed by atoms with Gasteiger partial charge in [-0.1, -0.05) is 5.16 Å². The van der Waals surface area contributed by atoms with E-state index in [2.05, 4.69) is 19.4 Å². The lowest BCUT2D eigenvalue weighted by atomic mass is 10.4. The van der Waals surface area contributed by atoms with Crippen molar-refractivity contribution >= 4 is 28.3 Å². The maximum absolute atomic E-state index is 11.8. The zero-order chi connectivity index (χ0) is 11.4. The number of halogens is 1. The van der Waals surface area contributed by atoms with Crippen molar-refractivity contribution in [3.63, 3.8) is 0 Å². The van der Waals surface area contributed by atoms with Gasteiger partial charge in [-0.15, -0.1) is 0 Å². The number of carbonyl (C=O) groups is 1. The number of aliphatic hydroxyl groups is 1. The first-order chi connectivity index (χ1) is 7.00. The van der Waals surface area contributed by atoms with Gasteiger partial charge in [-0.3, -0.25) is 0 Å². The van der Waals surface area contributed by atoms with E-state index in [1.54, 1.807) is 0 Å². The lowest BCUT2D eigenvalue weighted by molar-refractivity contribution is -0.183. The quantitative estimate of drug-likeness (QED) is 0.353. The molecule has 82 valence electrons. The number of nitrogens with two attached hydrogens (primary N) is 1. The number of anilines is 1. The summed E-state index contributed by atoms with van der Waals surface area (Å²) in [5, 5.41) is 19.6. The zero-order valence-electron chi connectivity index (χ0n) is 6.99. The van der Waals surface area contributed by atoms with E-state index in [1.807, 2.05) is 0 Å². The van der Waals surface area contributed by atoms with Gasteiger partial charge in [-0.25, -0.2) is 4.79 Å². The van der Waals surface area contributed by atoms with Gasteiger partial charge in [-0.05, 0) is 0 Å². The second kappa shape index (κ2) is 4.61. The highest BCUT2D eigenvalue weighted by molar-refractivity contribution is 7.09. The molecule has 0 fully saturated rings. The van der Waals surface area contributed by atoms with Crippen LogP contribution in [0.4, 0.5) is 9.52 Å². The summed E-state index contributed by atoms with van der Waals surface area (Å²) in [4.78, 5) is 17.8. The number of aliphatic hydroxyl groups excluding tert-OH is 1. The van der Waals surface area contributed by atoms with Gasteiger partial charge in [0.25, 0.3) is 0 Å². The summed E-state index contributed by atoms with van der Waals surface area (Å²) < 4.78 is 15.3. The van der Waals surface area contributed by atoms with E-state index in [-0.39, 0.29) is 11.0 Å². The summed E-state index contributed by atoms with van der Waals surface area (Å²) in [6.45, 7) is -2.71. The van der Waals surface area contributed by atoms with Crippen molar-refractivity contribution in [2.75, 3.05) is 5.73 Å². The van der Waals surface area contributed by atoms with Crippen LogP contribution in [0.25, 0.3) is 0 Å². The molecule has 0 aromatic carbocycles. The van der Waals surface area contributed by atoms with E-state index in [4.69, 9.17) is 15.9 Å². The van der Waals surface area contributed by atoms with Crippen LogP contribution in [0.15, 0.2) is 5.16 Å². The Hall–Kier alpha value is -1.81. The Morgan fingerprint density at radius 2 is 2.40 bits per heavy atom. The molecule has 10 heteroatoms. The van der Waals surface area contributed by atoms with Crippen LogP contribution >= 0.6 is 11.5 Å². The molecule has 0 saturated heterocycles. The van der Waals surface area contributed by atoms with Crippen LogP contribution in [-0.4, -0.2) is 37.8 Å². The molecule has 15 heavy (non-hydrogen) atoms. The number of oxime groups is 1. The largest absolute Gasteiger partial charge is 0.476 e. The molecule has 0 aliphatic carbocycles. The molecule has 0 radical (unpaired) electrons. The molecule has 1 rings (SSSR count). The van der Waals surface area contributed by atoms with Crippen LogP contribution in [-0.2, 0) is 9.63 Å². The lowest BCUT2D eigenvalue weighted by Gasteiger charge is -1.98. The van der Waals surface area contributed by atoms with Crippen LogP contribution in [0.1, 0.15) is 5.82 Å². The highest BCUT2D eigenvalue weighted by Gasteiger charge is 2.19. The van der Waals surface area contributed by atoms with E-state index in [0.717, 1.165) is 11.5 Å². The molecule has 1 atom stereocenters. The van der Waals surface area contributed by atoms with Crippen LogP contribution in [0.2, 0.25) is 0 Å². The number of rotatable bonds is 4. The Labute approximate surface area is 86.0 Å². The van der Waals surface area contributed by atoms with Crippen molar-refractivity contribution in [1.82, 2.24) is 9.36 Å². The smallest absolute Gasteiger partial charge is 0.372 e. The molecule has 0 aliphatic heterocycles. The van der Waals surface area contributed by atoms with Gasteiger partial charge < -0.3 is 20.8 Å². The summed E-state index contributed by atoms with van der Waals surface area (Å²) in [5.74, 6) is -1.85. The maximum atomic E-state index is 11.8. The number of alkyl halides is 1. The van der Waals surface area contributed by atoms with E-state index in [0.29, 0.717) is 0 Å². The number of carboxylic acids is 1. The topological polar surface area (TPSA) is 131 Å². The van der Waals surface area contributed by atoms with E-state index >= 15 is 0 Å². The second-order valence-corrected chi connectivity index (χ2v) is 2.88. The number of hydrogen-bond acceptors (Lipinski definition) is 8. The van der Waals surface area contributed by atoms with Crippen molar-refractivity contribution in [1.29, 1.82) is 0 Å². The summed E-state index contributed by atoms with van der Waals surface area (Å²) in [7, 11) is 0. The summed E-state index contributed by atoms with van der Waals surface area (Å²) >= 11 is 0.745. The fraction of sp³-hybridized carbons (Fsp3) is 0.200. The fourth-order valence-electron chi connectivity index (χ4n) is 0.603. The van der Waals surface area contributed by atoms with Crippen molar-refractivity contribution in [3.8, 4) is 0 Å². The first kappa shape index (κ1) is 11.3. The molecule has 1 aromatic heterocycles. The van der Waals surface area contributed by atoms with Gasteiger partial charge in [0, 0.05) is 11.5 Å².